The van der Waals surface area contributed by atoms with E-state index in [0.29, 0.717) is 0 Å². The van der Waals surface area contributed by atoms with Crippen LogP contribution < -0.4 is 0 Å². The van der Waals surface area contributed by atoms with Gasteiger partial charge in [-0.15, -0.1) is 11.6 Å². The number of alkyl halides is 1. The maximum Gasteiger partial charge on any atom is 0.0700 e. The summed E-state index contributed by atoms with van der Waals surface area (Å²) in [5, 5.41) is 0.283. The van der Waals surface area contributed by atoms with Gasteiger partial charge in [0.2, 0.25) is 0 Å². The topological polar surface area (TPSA) is 18.5 Å². The third-order valence-electron chi connectivity index (χ3n) is 1.71. The average molecular weight is 257 g/mol. The summed E-state index contributed by atoms with van der Waals surface area (Å²) in [5.74, 6) is 4.12. The minimum Gasteiger partial charge on any atom is -0.378 e. The fourth-order valence-corrected chi connectivity index (χ4v) is 3.26. The van der Waals surface area contributed by atoms with E-state index < -0.39 is 0 Å². The summed E-state index contributed by atoms with van der Waals surface area (Å²) < 4.78 is 10.8. The maximum atomic E-state index is 6.13. The van der Waals surface area contributed by atoms with Gasteiger partial charge in [0, 0.05) is 23.0 Å². The van der Waals surface area contributed by atoms with E-state index in [4.69, 9.17) is 21.1 Å². The maximum absolute atomic E-state index is 6.13. The highest BCUT2D eigenvalue weighted by molar-refractivity contribution is 8.00. The molecule has 1 heterocycles. The van der Waals surface area contributed by atoms with Gasteiger partial charge in [-0.1, -0.05) is 0 Å². The highest BCUT2D eigenvalue weighted by Crippen LogP contribution is 2.14. The van der Waals surface area contributed by atoms with Crippen molar-refractivity contribution in [3.8, 4) is 0 Å². The van der Waals surface area contributed by atoms with Crippen LogP contribution in [0.1, 0.15) is 0 Å². The van der Waals surface area contributed by atoms with Crippen LogP contribution in [0, 0.1) is 0 Å². The van der Waals surface area contributed by atoms with E-state index in [0.717, 1.165) is 49.4 Å². The second kappa shape index (κ2) is 9.16. The molecule has 5 heteroatoms. The van der Waals surface area contributed by atoms with Crippen LogP contribution in [0.4, 0.5) is 0 Å². The summed E-state index contributed by atoms with van der Waals surface area (Å²) in [6, 6.07) is 0. The number of thioether (sulfide) groups is 2. The van der Waals surface area contributed by atoms with Gasteiger partial charge in [0.1, 0.15) is 0 Å². The van der Waals surface area contributed by atoms with Gasteiger partial charge in [-0.25, -0.2) is 0 Å². The molecule has 0 aromatic rings. The second-order valence-corrected chi connectivity index (χ2v) is 5.89. The Kier molecular flexibility index (Phi) is 8.49. The minimum atomic E-state index is 0.283. The summed E-state index contributed by atoms with van der Waals surface area (Å²) in [5.41, 5.74) is 0. The monoisotopic (exact) mass is 256 g/mol. The van der Waals surface area contributed by atoms with Crippen molar-refractivity contribution in [3.63, 3.8) is 0 Å². The molecule has 84 valence electrons. The van der Waals surface area contributed by atoms with Crippen LogP contribution in [0.15, 0.2) is 0 Å². The zero-order valence-corrected chi connectivity index (χ0v) is 10.6. The van der Waals surface area contributed by atoms with Crippen molar-refractivity contribution in [1.29, 1.82) is 0 Å². The molecule has 0 N–H and O–H groups in total. The second-order valence-electron chi connectivity index (χ2n) is 2.97. The molecule has 1 saturated heterocycles. The van der Waals surface area contributed by atoms with Crippen LogP contribution in [0.5, 0.6) is 0 Å². The largest absolute Gasteiger partial charge is 0.378 e. The van der Waals surface area contributed by atoms with E-state index in [1.165, 1.54) is 0 Å². The number of rotatable bonds is 0. The van der Waals surface area contributed by atoms with E-state index in [9.17, 15) is 0 Å². The molecule has 0 unspecified atom stereocenters. The third-order valence-corrected chi connectivity index (χ3v) is 4.57. The molecular formula is C9H17ClO2S2. The number of hydrogen-bond donors (Lipinski definition) is 0. The van der Waals surface area contributed by atoms with E-state index in [1.54, 1.807) is 0 Å². The normalized spacial score (nSPS) is 24.6. The summed E-state index contributed by atoms with van der Waals surface area (Å²) >= 11 is 9.87. The molecule has 0 saturated carbocycles. The first-order valence-electron chi connectivity index (χ1n) is 4.84. The highest BCUT2D eigenvalue weighted by atomic mass is 35.5. The molecule has 0 bridgehead atoms. The number of ether oxygens (including phenoxy) is 2. The Labute approximate surface area is 99.4 Å². The SMILES string of the molecule is ClC1CSCCOCCOCCSC1. The molecule has 1 fully saturated rings. The van der Waals surface area contributed by atoms with Crippen molar-refractivity contribution < 1.29 is 9.47 Å². The van der Waals surface area contributed by atoms with Crippen molar-refractivity contribution >= 4 is 35.1 Å². The van der Waals surface area contributed by atoms with Crippen LogP contribution in [0.3, 0.4) is 0 Å². The molecule has 2 nitrogen and oxygen atoms in total. The Morgan fingerprint density at radius 2 is 1.36 bits per heavy atom. The standard InChI is InChI=1S/C9H17ClO2S2/c10-9-7-13-5-3-11-1-2-12-4-6-14-8-9/h9H,1-8H2. The van der Waals surface area contributed by atoms with Gasteiger partial charge in [0.25, 0.3) is 0 Å². The fraction of sp³-hybridized carbons (Fsp3) is 1.00. The highest BCUT2D eigenvalue weighted by Gasteiger charge is 2.05. The molecule has 0 atom stereocenters. The third kappa shape index (κ3) is 7.23. The quantitative estimate of drug-likeness (QED) is 0.618. The van der Waals surface area contributed by atoms with Crippen LogP contribution in [-0.4, -0.2) is 54.8 Å². The van der Waals surface area contributed by atoms with Crippen LogP contribution in [-0.2, 0) is 9.47 Å². The molecule has 0 aliphatic carbocycles. The molecule has 1 rings (SSSR count). The van der Waals surface area contributed by atoms with Crippen LogP contribution in [0.2, 0.25) is 0 Å². The van der Waals surface area contributed by atoms with Crippen molar-refractivity contribution in [3.05, 3.63) is 0 Å². The lowest BCUT2D eigenvalue weighted by Crippen LogP contribution is -2.08. The summed E-state index contributed by atoms with van der Waals surface area (Å²) in [4.78, 5) is 0. The van der Waals surface area contributed by atoms with Crippen molar-refractivity contribution in [2.24, 2.45) is 0 Å². The molecule has 0 spiro atoms. The van der Waals surface area contributed by atoms with Crippen LogP contribution >= 0.6 is 35.1 Å². The van der Waals surface area contributed by atoms with Gasteiger partial charge < -0.3 is 9.47 Å². The molecule has 0 aromatic heterocycles. The Balaban J connectivity index is 2.12. The van der Waals surface area contributed by atoms with Crippen LogP contribution in [0.25, 0.3) is 0 Å². The fourth-order valence-electron chi connectivity index (χ4n) is 1.03. The van der Waals surface area contributed by atoms with Crippen molar-refractivity contribution in [2.75, 3.05) is 49.4 Å². The first-order valence-corrected chi connectivity index (χ1v) is 7.59. The summed E-state index contributed by atoms with van der Waals surface area (Å²) in [7, 11) is 0. The van der Waals surface area contributed by atoms with Gasteiger partial charge in [0.05, 0.1) is 31.8 Å². The zero-order valence-electron chi connectivity index (χ0n) is 8.25. The predicted molar refractivity (Wildman–Crippen MR) is 65.9 cm³/mol. The lowest BCUT2D eigenvalue weighted by atomic mass is 10.6. The van der Waals surface area contributed by atoms with Gasteiger partial charge in [-0.3, -0.25) is 0 Å². The molecule has 1 aliphatic heterocycles. The molecule has 14 heavy (non-hydrogen) atoms. The first-order chi connectivity index (χ1) is 6.89. The zero-order chi connectivity index (χ0) is 10.1. The average Bonchev–Trinajstić information content (AvgIpc) is 2.20. The smallest absolute Gasteiger partial charge is 0.0700 e. The predicted octanol–water partition coefficient (Wildman–Crippen LogP) is 2.11. The Bertz CT molecular complexity index is 124. The molecular weight excluding hydrogens is 240 g/mol. The lowest BCUT2D eigenvalue weighted by molar-refractivity contribution is 0.0605. The van der Waals surface area contributed by atoms with E-state index in [1.807, 2.05) is 23.5 Å². The lowest BCUT2D eigenvalue weighted by Gasteiger charge is -2.07. The number of hydrogen-bond acceptors (Lipinski definition) is 4. The minimum absolute atomic E-state index is 0.283. The van der Waals surface area contributed by atoms with Crippen molar-refractivity contribution in [1.82, 2.24) is 0 Å². The van der Waals surface area contributed by atoms with Gasteiger partial charge >= 0.3 is 0 Å². The van der Waals surface area contributed by atoms with E-state index in [-0.39, 0.29) is 5.38 Å². The molecule has 1 aliphatic rings. The van der Waals surface area contributed by atoms with Gasteiger partial charge in [0.15, 0.2) is 0 Å². The first kappa shape index (κ1) is 13.0. The van der Waals surface area contributed by atoms with Gasteiger partial charge in [-0.2, -0.15) is 23.5 Å². The van der Waals surface area contributed by atoms with Gasteiger partial charge in [-0.05, 0) is 0 Å². The van der Waals surface area contributed by atoms with Crippen molar-refractivity contribution in [2.45, 2.75) is 5.38 Å². The Morgan fingerprint density at radius 3 is 1.86 bits per heavy atom. The Morgan fingerprint density at radius 1 is 0.857 bits per heavy atom. The summed E-state index contributed by atoms with van der Waals surface area (Å²) in [6.07, 6.45) is 0. The molecule has 0 radical (unpaired) electrons. The van der Waals surface area contributed by atoms with E-state index in [2.05, 4.69) is 0 Å². The Hall–Kier alpha value is 0.910. The molecule has 0 amide bonds. The van der Waals surface area contributed by atoms with E-state index >= 15 is 0 Å². The summed E-state index contributed by atoms with van der Waals surface area (Å²) in [6.45, 7) is 3.06. The molecule has 0 aromatic carbocycles. The number of halogens is 1.